The first kappa shape index (κ1) is 14.5. The quantitative estimate of drug-likeness (QED) is 0.744. The summed E-state index contributed by atoms with van der Waals surface area (Å²) in [6.45, 7) is 3.76. The number of nitrogens with zero attached hydrogens (tertiary/aromatic N) is 1. The minimum absolute atomic E-state index is 0.210. The summed E-state index contributed by atoms with van der Waals surface area (Å²) in [6, 6.07) is 18.0. The summed E-state index contributed by atoms with van der Waals surface area (Å²) in [6.07, 6.45) is 0.562. The molecule has 0 spiro atoms. The maximum atomic E-state index is 12.0. The number of hydrogen-bond acceptors (Lipinski definition) is 2. The molecule has 2 nitrogen and oxygen atoms in total. The summed E-state index contributed by atoms with van der Waals surface area (Å²) in [7, 11) is 2.06. The van der Waals surface area contributed by atoms with Crippen molar-refractivity contribution in [2.45, 2.75) is 19.9 Å². The van der Waals surface area contributed by atoms with E-state index in [4.69, 9.17) is 0 Å². The Morgan fingerprint density at radius 2 is 1.80 bits per heavy atom. The smallest absolute Gasteiger partial charge is 0.164 e. The number of Topliss-reactive ketones (excluding diaryl/α,β-unsaturated/α-hetero) is 1. The largest absolute Gasteiger partial charge is 0.302 e. The van der Waals surface area contributed by atoms with Crippen molar-refractivity contribution in [1.82, 2.24) is 4.90 Å². The van der Waals surface area contributed by atoms with Gasteiger partial charge in [-0.3, -0.25) is 4.79 Å². The van der Waals surface area contributed by atoms with Gasteiger partial charge < -0.3 is 4.90 Å². The van der Waals surface area contributed by atoms with E-state index in [-0.39, 0.29) is 5.78 Å². The summed E-state index contributed by atoms with van der Waals surface area (Å²) >= 11 is 0. The minimum Gasteiger partial charge on any atom is -0.302 e. The van der Waals surface area contributed by atoms with E-state index in [1.807, 2.05) is 30.3 Å². The Hall–Kier alpha value is -1.93. The average molecular weight is 267 g/mol. The van der Waals surface area contributed by atoms with Crippen LogP contribution in [0.1, 0.15) is 27.9 Å². The van der Waals surface area contributed by atoms with Crippen LogP contribution in [0.3, 0.4) is 0 Å². The molecule has 2 rings (SSSR count). The molecule has 0 heterocycles. The van der Waals surface area contributed by atoms with Gasteiger partial charge in [-0.15, -0.1) is 0 Å². The zero-order valence-corrected chi connectivity index (χ0v) is 12.2. The van der Waals surface area contributed by atoms with Gasteiger partial charge in [0.25, 0.3) is 0 Å². The maximum Gasteiger partial charge on any atom is 0.164 e. The number of hydrogen-bond donors (Lipinski definition) is 0. The van der Waals surface area contributed by atoms with Gasteiger partial charge in [-0.05, 0) is 19.5 Å². The monoisotopic (exact) mass is 267 g/mol. The third-order valence-corrected chi connectivity index (χ3v) is 3.35. The van der Waals surface area contributed by atoms with Crippen LogP contribution in [0.5, 0.6) is 0 Å². The van der Waals surface area contributed by atoms with Gasteiger partial charge in [0.2, 0.25) is 0 Å². The summed E-state index contributed by atoms with van der Waals surface area (Å²) in [5, 5.41) is 0. The van der Waals surface area contributed by atoms with Crippen LogP contribution in [-0.4, -0.2) is 24.3 Å². The molecule has 0 N–H and O–H groups in total. The molecule has 0 aliphatic heterocycles. The highest BCUT2D eigenvalue weighted by atomic mass is 16.1. The minimum atomic E-state index is 0.210. The first-order valence-corrected chi connectivity index (χ1v) is 6.97. The van der Waals surface area contributed by atoms with Crippen LogP contribution in [0.2, 0.25) is 0 Å². The van der Waals surface area contributed by atoms with Crippen LogP contribution >= 0.6 is 0 Å². The van der Waals surface area contributed by atoms with Crippen molar-refractivity contribution in [2.24, 2.45) is 0 Å². The molecule has 2 heteroatoms. The number of rotatable bonds is 6. The van der Waals surface area contributed by atoms with E-state index < -0.39 is 0 Å². The van der Waals surface area contributed by atoms with Crippen molar-refractivity contribution < 1.29 is 4.79 Å². The number of ketones is 1. The predicted octanol–water partition coefficient (Wildman–Crippen LogP) is 3.70. The number of aryl methyl sites for hydroxylation is 1. The van der Waals surface area contributed by atoms with Crippen LogP contribution in [0, 0.1) is 6.92 Å². The Labute approximate surface area is 121 Å². The third kappa shape index (κ3) is 4.32. The summed E-state index contributed by atoms with van der Waals surface area (Å²) in [5.74, 6) is 0.210. The molecule has 0 bridgehead atoms. The SMILES string of the molecule is Cc1cccc(CN(C)CCC(=O)c2ccccc2)c1. The van der Waals surface area contributed by atoms with E-state index in [9.17, 15) is 4.79 Å². The fourth-order valence-corrected chi connectivity index (χ4v) is 2.26. The second-order valence-corrected chi connectivity index (χ2v) is 5.27. The van der Waals surface area contributed by atoms with Gasteiger partial charge in [-0.25, -0.2) is 0 Å². The van der Waals surface area contributed by atoms with E-state index >= 15 is 0 Å². The molecule has 0 aromatic heterocycles. The molecule has 0 atom stereocenters. The van der Waals surface area contributed by atoms with Crippen molar-refractivity contribution in [1.29, 1.82) is 0 Å². The number of benzene rings is 2. The topological polar surface area (TPSA) is 20.3 Å². The van der Waals surface area contributed by atoms with Gasteiger partial charge in [-0.1, -0.05) is 60.2 Å². The molecule has 2 aromatic rings. The van der Waals surface area contributed by atoms with Crippen LogP contribution in [-0.2, 0) is 6.54 Å². The maximum absolute atomic E-state index is 12.0. The first-order valence-electron chi connectivity index (χ1n) is 6.97. The second kappa shape index (κ2) is 7.01. The molecule has 0 saturated heterocycles. The molecule has 0 fully saturated rings. The lowest BCUT2D eigenvalue weighted by molar-refractivity contribution is 0.0968. The molecule has 20 heavy (non-hydrogen) atoms. The summed E-state index contributed by atoms with van der Waals surface area (Å²) in [4.78, 5) is 14.2. The summed E-state index contributed by atoms with van der Waals surface area (Å²) < 4.78 is 0. The highest BCUT2D eigenvalue weighted by Gasteiger charge is 2.07. The van der Waals surface area contributed by atoms with Crippen molar-refractivity contribution in [2.75, 3.05) is 13.6 Å². The van der Waals surface area contributed by atoms with Gasteiger partial charge in [0.1, 0.15) is 0 Å². The van der Waals surface area contributed by atoms with Crippen LogP contribution < -0.4 is 0 Å². The third-order valence-electron chi connectivity index (χ3n) is 3.35. The predicted molar refractivity (Wildman–Crippen MR) is 82.9 cm³/mol. The molecule has 0 aliphatic rings. The molecule has 0 saturated carbocycles. The highest BCUT2D eigenvalue weighted by Crippen LogP contribution is 2.08. The second-order valence-electron chi connectivity index (χ2n) is 5.27. The standard InChI is InChI=1S/C18H21NO/c1-15-7-6-8-16(13-15)14-19(2)12-11-18(20)17-9-4-3-5-10-17/h3-10,13H,11-12,14H2,1-2H3. The van der Waals surface area contributed by atoms with Crippen molar-refractivity contribution >= 4 is 5.78 Å². The fourth-order valence-electron chi connectivity index (χ4n) is 2.26. The molecule has 2 aromatic carbocycles. The lowest BCUT2D eigenvalue weighted by atomic mass is 10.1. The van der Waals surface area contributed by atoms with Crippen LogP contribution in [0.15, 0.2) is 54.6 Å². The number of carbonyl (C=O) groups excluding carboxylic acids is 1. The first-order chi connectivity index (χ1) is 9.65. The van der Waals surface area contributed by atoms with Crippen molar-refractivity contribution in [3.05, 3.63) is 71.3 Å². The van der Waals surface area contributed by atoms with Gasteiger partial charge in [-0.2, -0.15) is 0 Å². The lowest BCUT2D eigenvalue weighted by Crippen LogP contribution is -2.21. The van der Waals surface area contributed by atoms with Gasteiger partial charge in [0.05, 0.1) is 0 Å². The van der Waals surface area contributed by atoms with Crippen LogP contribution in [0.4, 0.5) is 0 Å². The zero-order valence-electron chi connectivity index (χ0n) is 12.2. The lowest BCUT2D eigenvalue weighted by Gasteiger charge is -2.16. The fraction of sp³-hybridized carbons (Fsp3) is 0.278. The van der Waals surface area contributed by atoms with E-state index in [2.05, 4.69) is 43.1 Å². The molecule has 0 radical (unpaired) electrons. The van der Waals surface area contributed by atoms with Gasteiger partial charge >= 0.3 is 0 Å². The molecular formula is C18H21NO. The van der Waals surface area contributed by atoms with E-state index in [1.165, 1.54) is 11.1 Å². The van der Waals surface area contributed by atoms with Gasteiger partial charge in [0.15, 0.2) is 5.78 Å². The Morgan fingerprint density at radius 1 is 1.05 bits per heavy atom. The molecule has 104 valence electrons. The van der Waals surface area contributed by atoms with Gasteiger partial charge in [0, 0.05) is 25.1 Å². The Kier molecular flexibility index (Phi) is 5.08. The van der Waals surface area contributed by atoms with Crippen molar-refractivity contribution in [3.8, 4) is 0 Å². The normalized spacial score (nSPS) is 10.8. The molecule has 0 aliphatic carbocycles. The van der Waals surface area contributed by atoms with E-state index in [0.717, 1.165) is 18.7 Å². The van der Waals surface area contributed by atoms with E-state index in [0.29, 0.717) is 6.42 Å². The molecular weight excluding hydrogens is 246 g/mol. The Balaban J connectivity index is 1.83. The average Bonchev–Trinajstić information content (AvgIpc) is 2.46. The zero-order chi connectivity index (χ0) is 14.4. The molecule has 0 amide bonds. The Bertz CT molecular complexity index is 563. The molecule has 0 unspecified atom stereocenters. The van der Waals surface area contributed by atoms with E-state index in [1.54, 1.807) is 0 Å². The summed E-state index contributed by atoms with van der Waals surface area (Å²) in [5.41, 5.74) is 3.37. The number of carbonyl (C=O) groups is 1. The van der Waals surface area contributed by atoms with Crippen molar-refractivity contribution in [3.63, 3.8) is 0 Å². The van der Waals surface area contributed by atoms with Crippen LogP contribution in [0.25, 0.3) is 0 Å². The highest BCUT2D eigenvalue weighted by molar-refractivity contribution is 5.96. The Morgan fingerprint density at radius 3 is 2.50 bits per heavy atom.